The van der Waals surface area contributed by atoms with Gasteiger partial charge in [-0.25, -0.2) is 13.3 Å². The van der Waals surface area contributed by atoms with Gasteiger partial charge in [0, 0.05) is 29.9 Å². The van der Waals surface area contributed by atoms with Gasteiger partial charge in [-0.1, -0.05) is 39.8 Å². The number of ketones is 1. The topological polar surface area (TPSA) is 47.3 Å². The van der Waals surface area contributed by atoms with Crippen molar-refractivity contribution in [1.29, 1.82) is 0 Å². The average Bonchev–Trinajstić information content (AvgIpc) is 3.08. The molecule has 0 unspecified atom stereocenters. The molecule has 0 saturated carbocycles. The lowest BCUT2D eigenvalue weighted by molar-refractivity contribution is 0.0956. The van der Waals surface area contributed by atoms with Gasteiger partial charge in [0.25, 0.3) is 0 Å². The Kier molecular flexibility index (Phi) is 5.87. The molecule has 4 nitrogen and oxygen atoms in total. The minimum Gasteiger partial charge on any atom is -0.294 e. The number of carbonyl (C=O) groups excluding carboxylic acids is 1. The van der Waals surface area contributed by atoms with E-state index in [-0.39, 0.29) is 17.3 Å². The zero-order valence-electron chi connectivity index (χ0n) is 19.5. The normalized spacial score (nSPS) is 12.0. The molecule has 4 aromatic rings. The monoisotopic (exact) mass is 447 g/mol. The number of fused-ring (bicyclic) bond motifs is 1. The number of carbonyl (C=O) groups is 1. The number of hydrogen-bond acceptors (Lipinski definition) is 3. The summed E-state index contributed by atoms with van der Waals surface area (Å²) in [6.07, 6.45) is 3.78. The molecule has 0 bridgehead atoms. The van der Waals surface area contributed by atoms with Crippen LogP contribution < -0.4 is 0 Å². The van der Waals surface area contributed by atoms with E-state index in [1.165, 1.54) is 18.2 Å². The minimum absolute atomic E-state index is 0.0128. The highest BCUT2D eigenvalue weighted by molar-refractivity contribution is 5.99. The molecule has 0 amide bonds. The largest absolute Gasteiger partial charge is 0.294 e. The van der Waals surface area contributed by atoms with Crippen LogP contribution in [-0.2, 0) is 5.41 Å². The maximum atomic E-state index is 14.6. The summed E-state index contributed by atoms with van der Waals surface area (Å²) >= 11 is 0. The lowest BCUT2D eigenvalue weighted by atomic mass is 9.79. The van der Waals surface area contributed by atoms with Gasteiger partial charge >= 0.3 is 0 Å². The fraction of sp³-hybridized carbons (Fsp3) is 0.296. The van der Waals surface area contributed by atoms with E-state index in [1.54, 1.807) is 36.0 Å². The van der Waals surface area contributed by atoms with Crippen LogP contribution in [0.4, 0.5) is 8.78 Å². The van der Waals surface area contributed by atoms with E-state index in [0.717, 1.165) is 11.3 Å². The molecule has 0 radical (unpaired) electrons. The van der Waals surface area contributed by atoms with E-state index in [9.17, 15) is 13.6 Å². The molecule has 0 atom stereocenters. The van der Waals surface area contributed by atoms with Gasteiger partial charge in [-0.05, 0) is 54.2 Å². The highest BCUT2D eigenvalue weighted by Gasteiger charge is 2.29. The number of nitrogens with zero attached hydrogens (tertiary/aromatic N) is 3. The molecule has 3 heterocycles. The number of rotatable bonds is 6. The van der Waals surface area contributed by atoms with Crippen molar-refractivity contribution < 1.29 is 13.6 Å². The number of pyridine rings is 2. The van der Waals surface area contributed by atoms with Crippen molar-refractivity contribution in [2.75, 3.05) is 0 Å². The number of halogens is 2. The molecular formula is C27H27F2N3O. The summed E-state index contributed by atoms with van der Waals surface area (Å²) in [5.41, 5.74) is 3.25. The second-order valence-corrected chi connectivity index (χ2v) is 9.37. The number of benzene rings is 1. The lowest BCUT2D eigenvalue weighted by Crippen LogP contribution is -2.23. The van der Waals surface area contributed by atoms with Crippen LogP contribution in [0.1, 0.15) is 67.3 Å². The van der Waals surface area contributed by atoms with Crippen molar-refractivity contribution in [2.24, 2.45) is 0 Å². The molecule has 6 heteroatoms. The van der Waals surface area contributed by atoms with Crippen molar-refractivity contribution in [3.63, 3.8) is 0 Å². The Morgan fingerprint density at radius 2 is 1.73 bits per heavy atom. The number of aryl methyl sites for hydroxylation is 1. The summed E-state index contributed by atoms with van der Waals surface area (Å²) in [7, 11) is 0. The SMILES string of the molecule is Cc1nn2c(C(C)C)c(C(=O)CC(C)(C)c3cccnc3)ccc2c1-c1c(F)cccc1F. The van der Waals surface area contributed by atoms with E-state index < -0.39 is 17.0 Å². The molecule has 0 aliphatic rings. The number of hydrogen-bond donors (Lipinski definition) is 0. The Labute approximate surface area is 192 Å². The first-order valence-corrected chi connectivity index (χ1v) is 11.0. The summed E-state index contributed by atoms with van der Waals surface area (Å²) in [4.78, 5) is 17.7. The second-order valence-electron chi connectivity index (χ2n) is 9.37. The van der Waals surface area contributed by atoms with Gasteiger partial charge in [-0.2, -0.15) is 5.10 Å². The van der Waals surface area contributed by atoms with Crippen LogP contribution in [-0.4, -0.2) is 20.4 Å². The van der Waals surface area contributed by atoms with Crippen LogP contribution in [0, 0.1) is 18.6 Å². The Bertz CT molecular complexity index is 1320. The second kappa shape index (κ2) is 8.50. The third-order valence-electron chi connectivity index (χ3n) is 6.11. The third-order valence-corrected chi connectivity index (χ3v) is 6.11. The highest BCUT2D eigenvalue weighted by Crippen LogP contribution is 2.36. The van der Waals surface area contributed by atoms with Crippen LogP contribution in [0.2, 0.25) is 0 Å². The van der Waals surface area contributed by atoms with Crippen molar-refractivity contribution in [2.45, 2.75) is 52.4 Å². The molecule has 0 N–H and O–H groups in total. The number of Topliss-reactive ketones (excluding diaryl/α,β-unsaturated/α-hetero) is 1. The molecule has 0 aliphatic heterocycles. The zero-order valence-corrected chi connectivity index (χ0v) is 19.5. The average molecular weight is 448 g/mol. The first-order chi connectivity index (χ1) is 15.6. The first-order valence-electron chi connectivity index (χ1n) is 11.0. The lowest BCUT2D eigenvalue weighted by Gasteiger charge is -2.25. The molecule has 0 spiro atoms. The van der Waals surface area contributed by atoms with Crippen LogP contribution in [0.3, 0.4) is 0 Å². The Morgan fingerprint density at radius 1 is 1.03 bits per heavy atom. The highest BCUT2D eigenvalue weighted by atomic mass is 19.1. The standard InChI is InChI=1S/C27H27F2N3O/c1-16(2)26-19(23(33)14-27(4,5)18-8-7-13-30-15-18)11-12-22-24(17(3)31-32(22)26)25-20(28)9-6-10-21(25)29/h6-13,15-16H,14H2,1-5H3. The maximum Gasteiger partial charge on any atom is 0.165 e. The summed E-state index contributed by atoms with van der Waals surface area (Å²) < 4.78 is 30.9. The van der Waals surface area contributed by atoms with Gasteiger partial charge in [0.1, 0.15) is 11.6 Å². The molecule has 0 aliphatic carbocycles. The van der Waals surface area contributed by atoms with Crippen molar-refractivity contribution in [3.05, 3.63) is 89.0 Å². The van der Waals surface area contributed by atoms with Gasteiger partial charge in [0.15, 0.2) is 5.78 Å². The number of aromatic nitrogens is 3. The van der Waals surface area contributed by atoms with Crippen molar-refractivity contribution >= 4 is 11.3 Å². The Balaban J connectivity index is 1.85. The fourth-order valence-electron chi connectivity index (χ4n) is 4.44. The quantitative estimate of drug-likeness (QED) is 0.311. The van der Waals surface area contributed by atoms with Gasteiger partial charge < -0.3 is 0 Å². The minimum atomic E-state index is -0.641. The predicted octanol–water partition coefficient (Wildman–Crippen LogP) is 6.66. The summed E-state index contributed by atoms with van der Waals surface area (Å²) in [6.45, 7) is 9.74. The van der Waals surface area contributed by atoms with Gasteiger partial charge in [-0.3, -0.25) is 9.78 Å². The first kappa shape index (κ1) is 22.8. The summed E-state index contributed by atoms with van der Waals surface area (Å²) in [5.74, 6) is -1.33. The summed E-state index contributed by atoms with van der Waals surface area (Å²) in [6, 6.07) is 11.1. The fourth-order valence-corrected chi connectivity index (χ4v) is 4.44. The van der Waals surface area contributed by atoms with E-state index in [0.29, 0.717) is 28.8 Å². The predicted molar refractivity (Wildman–Crippen MR) is 126 cm³/mol. The van der Waals surface area contributed by atoms with Crippen LogP contribution in [0.15, 0.2) is 54.9 Å². The van der Waals surface area contributed by atoms with Crippen LogP contribution >= 0.6 is 0 Å². The molecule has 33 heavy (non-hydrogen) atoms. The smallest absolute Gasteiger partial charge is 0.165 e. The van der Waals surface area contributed by atoms with Gasteiger partial charge in [0.2, 0.25) is 0 Å². The molecule has 4 rings (SSSR count). The molecular weight excluding hydrogens is 420 g/mol. The van der Waals surface area contributed by atoms with Crippen LogP contribution in [0.5, 0.6) is 0 Å². The molecule has 0 saturated heterocycles. The van der Waals surface area contributed by atoms with Crippen molar-refractivity contribution in [3.8, 4) is 11.1 Å². The zero-order chi connectivity index (χ0) is 23.9. The van der Waals surface area contributed by atoms with E-state index in [2.05, 4.69) is 10.1 Å². The molecule has 3 aromatic heterocycles. The third kappa shape index (κ3) is 4.06. The molecule has 170 valence electrons. The van der Waals surface area contributed by atoms with E-state index in [1.807, 2.05) is 39.8 Å². The van der Waals surface area contributed by atoms with Crippen molar-refractivity contribution in [1.82, 2.24) is 14.6 Å². The Hall–Kier alpha value is -3.41. The molecule has 1 aromatic carbocycles. The maximum absolute atomic E-state index is 14.6. The molecule has 0 fully saturated rings. The van der Waals surface area contributed by atoms with Crippen LogP contribution in [0.25, 0.3) is 16.6 Å². The Morgan fingerprint density at radius 3 is 2.33 bits per heavy atom. The summed E-state index contributed by atoms with van der Waals surface area (Å²) in [5, 5.41) is 4.61. The van der Waals surface area contributed by atoms with E-state index >= 15 is 0 Å². The van der Waals surface area contributed by atoms with Gasteiger partial charge in [-0.15, -0.1) is 0 Å². The van der Waals surface area contributed by atoms with E-state index in [4.69, 9.17) is 0 Å². The van der Waals surface area contributed by atoms with Gasteiger partial charge in [0.05, 0.1) is 22.5 Å².